The van der Waals surface area contributed by atoms with Crippen molar-refractivity contribution < 1.29 is 28.6 Å². The Hall–Kier alpha value is -1.59. The summed E-state index contributed by atoms with van der Waals surface area (Å²) in [6, 6.07) is 0. The molecule has 0 aliphatic rings. The molecule has 0 N–H and O–H groups in total. The lowest BCUT2D eigenvalue weighted by atomic mass is 10.0. The summed E-state index contributed by atoms with van der Waals surface area (Å²) in [4.78, 5) is 37.9. The van der Waals surface area contributed by atoms with E-state index >= 15 is 0 Å². The van der Waals surface area contributed by atoms with Gasteiger partial charge in [0.1, 0.15) is 13.2 Å². The second kappa shape index (κ2) is 48.4. The van der Waals surface area contributed by atoms with Crippen LogP contribution in [0.25, 0.3) is 0 Å². The van der Waals surface area contributed by atoms with E-state index in [9.17, 15) is 14.4 Å². The first-order valence-corrected chi connectivity index (χ1v) is 26.9. The zero-order chi connectivity index (χ0) is 43.8. The van der Waals surface area contributed by atoms with Gasteiger partial charge in [-0.1, -0.05) is 265 Å². The molecule has 0 bridgehead atoms. The SMILES string of the molecule is CCCCCCCCCCCCCCC(=O)OC[C@@H](COC(=O)CCCCCCCCCCC)OC(=O)CCCCCCCCCCCCCCCCCCCCC(C)C. The maximum absolute atomic E-state index is 12.8. The van der Waals surface area contributed by atoms with Gasteiger partial charge in [0.25, 0.3) is 0 Å². The van der Waals surface area contributed by atoms with Crippen LogP contribution in [0.1, 0.15) is 304 Å². The van der Waals surface area contributed by atoms with Crippen LogP contribution in [0.4, 0.5) is 0 Å². The quantitative estimate of drug-likeness (QED) is 0.0345. The van der Waals surface area contributed by atoms with Gasteiger partial charge in [-0.2, -0.15) is 0 Å². The lowest BCUT2D eigenvalue weighted by molar-refractivity contribution is -0.167. The second-order valence-electron chi connectivity index (χ2n) is 19.0. The third-order valence-electron chi connectivity index (χ3n) is 12.3. The Morgan fingerprint density at radius 2 is 0.550 bits per heavy atom. The fraction of sp³-hybridized carbons (Fsp3) is 0.944. The molecule has 0 fully saturated rings. The molecule has 0 radical (unpaired) electrons. The summed E-state index contributed by atoms with van der Waals surface area (Å²) in [6.07, 6.45) is 51.0. The Morgan fingerprint density at radius 3 is 0.817 bits per heavy atom. The van der Waals surface area contributed by atoms with Gasteiger partial charge in [0.05, 0.1) is 0 Å². The van der Waals surface area contributed by atoms with Gasteiger partial charge in [-0.25, -0.2) is 0 Å². The number of hydrogen-bond donors (Lipinski definition) is 0. The minimum absolute atomic E-state index is 0.0626. The van der Waals surface area contributed by atoms with Crippen LogP contribution in [0.15, 0.2) is 0 Å². The standard InChI is InChI=1S/C54H104O6/c1-5-7-9-11-13-15-16-26-30-34-38-42-46-53(56)59-49-51(48-58-52(55)45-41-37-33-28-14-12-10-8-6-2)60-54(57)47-43-39-35-31-27-24-22-20-18-17-19-21-23-25-29-32-36-40-44-50(3)4/h50-51H,5-49H2,1-4H3/t51-/m1/s1. The first kappa shape index (κ1) is 58.4. The van der Waals surface area contributed by atoms with E-state index in [1.807, 2.05) is 0 Å². The average molecular weight is 849 g/mol. The largest absolute Gasteiger partial charge is 0.462 e. The van der Waals surface area contributed by atoms with Crippen molar-refractivity contribution >= 4 is 17.9 Å². The minimum Gasteiger partial charge on any atom is -0.462 e. The van der Waals surface area contributed by atoms with Crippen molar-refractivity contribution in [3.05, 3.63) is 0 Å². The predicted octanol–water partition coefficient (Wildman–Crippen LogP) is 17.5. The Kier molecular flexibility index (Phi) is 47.2. The molecule has 6 nitrogen and oxygen atoms in total. The Balaban J connectivity index is 4.19. The molecule has 356 valence electrons. The lowest BCUT2D eigenvalue weighted by Gasteiger charge is -2.18. The number of esters is 3. The van der Waals surface area contributed by atoms with Crippen LogP contribution in [0.5, 0.6) is 0 Å². The third-order valence-corrected chi connectivity index (χ3v) is 12.3. The summed E-state index contributed by atoms with van der Waals surface area (Å²) < 4.78 is 16.8. The Bertz CT molecular complexity index is 903. The number of ether oxygens (including phenoxy) is 3. The molecule has 6 heteroatoms. The fourth-order valence-electron chi connectivity index (χ4n) is 8.22. The summed E-state index contributed by atoms with van der Waals surface area (Å²) >= 11 is 0. The van der Waals surface area contributed by atoms with Crippen LogP contribution in [0.3, 0.4) is 0 Å². The molecule has 0 amide bonds. The van der Waals surface area contributed by atoms with Crippen molar-refractivity contribution in [1.29, 1.82) is 0 Å². The summed E-state index contributed by atoms with van der Waals surface area (Å²) in [7, 11) is 0. The molecule has 0 unspecified atom stereocenters. The van der Waals surface area contributed by atoms with E-state index in [-0.39, 0.29) is 31.1 Å². The number of carbonyl (C=O) groups excluding carboxylic acids is 3. The summed E-state index contributed by atoms with van der Waals surface area (Å²) in [6.45, 7) is 9.03. The summed E-state index contributed by atoms with van der Waals surface area (Å²) in [5, 5.41) is 0. The topological polar surface area (TPSA) is 78.9 Å². The number of hydrogen-bond acceptors (Lipinski definition) is 6. The molecular weight excluding hydrogens is 745 g/mol. The maximum Gasteiger partial charge on any atom is 0.306 e. The van der Waals surface area contributed by atoms with Crippen LogP contribution < -0.4 is 0 Å². The fourth-order valence-corrected chi connectivity index (χ4v) is 8.22. The maximum atomic E-state index is 12.8. The first-order valence-electron chi connectivity index (χ1n) is 26.9. The monoisotopic (exact) mass is 849 g/mol. The van der Waals surface area contributed by atoms with Crippen molar-refractivity contribution in [2.24, 2.45) is 5.92 Å². The molecule has 0 aromatic rings. The highest BCUT2D eigenvalue weighted by molar-refractivity contribution is 5.71. The van der Waals surface area contributed by atoms with Crippen LogP contribution in [-0.2, 0) is 28.6 Å². The van der Waals surface area contributed by atoms with E-state index < -0.39 is 6.10 Å². The van der Waals surface area contributed by atoms with E-state index in [0.29, 0.717) is 19.3 Å². The zero-order valence-corrected chi connectivity index (χ0v) is 40.9. The van der Waals surface area contributed by atoms with E-state index in [2.05, 4.69) is 27.7 Å². The molecule has 0 rings (SSSR count). The van der Waals surface area contributed by atoms with Crippen molar-refractivity contribution in [3.8, 4) is 0 Å². The van der Waals surface area contributed by atoms with E-state index in [1.54, 1.807) is 0 Å². The lowest BCUT2D eigenvalue weighted by Crippen LogP contribution is -2.30. The first-order chi connectivity index (χ1) is 29.4. The molecular formula is C54H104O6. The second-order valence-corrected chi connectivity index (χ2v) is 19.0. The number of unbranched alkanes of at least 4 members (excludes halogenated alkanes) is 36. The van der Waals surface area contributed by atoms with Crippen molar-refractivity contribution in [2.45, 2.75) is 310 Å². The van der Waals surface area contributed by atoms with Crippen molar-refractivity contribution in [2.75, 3.05) is 13.2 Å². The highest BCUT2D eigenvalue weighted by Crippen LogP contribution is 2.17. The van der Waals surface area contributed by atoms with Crippen LogP contribution in [0.2, 0.25) is 0 Å². The molecule has 0 aromatic heterocycles. The molecule has 1 atom stereocenters. The smallest absolute Gasteiger partial charge is 0.306 e. The van der Waals surface area contributed by atoms with Gasteiger partial charge in [0, 0.05) is 19.3 Å². The zero-order valence-electron chi connectivity index (χ0n) is 40.9. The molecule has 60 heavy (non-hydrogen) atoms. The highest BCUT2D eigenvalue weighted by atomic mass is 16.6. The average Bonchev–Trinajstić information content (AvgIpc) is 3.23. The molecule has 0 saturated heterocycles. The normalized spacial score (nSPS) is 11.9. The Morgan fingerprint density at radius 1 is 0.317 bits per heavy atom. The van der Waals surface area contributed by atoms with Gasteiger partial charge in [-0.3, -0.25) is 14.4 Å². The number of rotatable bonds is 49. The van der Waals surface area contributed by atoms with Gasteiger partial charge in [-0.05, 0) is 25.2 Å². The highest BCUT2D eigenvalue weighted by Gasteiger charge is 2.19. The van der Waals surface area contributed by atoms with E-state index in [4.69, 9.17) is 14.2 Å². The van der Waals surface area contributed by atoms with Crippen LogP contribution in [-0.4, -0.2) is 37.2 Å². The van der Waals surface area contributed by atoms with Gasteiger partial charge in [0.2, 0.25) is 0 Å². The van der Waals surface area contributed by atoms with Gasteiger partial charge >= 0.3 is 17.9 Å². The van der Waals surface area contributed by atoms with Crippen molar-refractivity contribution in [3.63, 3.8) is 0 Å². The third kappa shape index (κ3) is 47.5. The summed E-state index contributed by atoms with van der Waals surface area (Å²) in [5.74, 6) is 0.0134. The van der Waals surface area contributed by atoms with Crippen molar-refractivity contribution in [1.82, 2.24) is 0 Å². The molecule has 0 aliphatic heterocycles. The van der Waals surface area contributed by atoms with Gasteiger partial charge < -0.3 is 14.2 Å². The van der Waals surface area contributed by atoms with E-state index in [1.165, 1.54) is 199 Å². The van der Waals surface area contributed by atoms with Gasteiger partial charge in [-0.15, -0.1) is 0 Å². The molecule has 0 aromatic carbocycles. The van der Waals surface area contributed by atoms with Crippen LogP contribution >= 0.6 is 0 Å². The van der Waals surface area contributed by atoms with Crippen LogP contribution in [0, 0.1) is 5.92 Å². The molecule has 0 heterocycles. The molecule has 0 spiro atoms. The predicted molar refractivity (Wildman–Crippen MR) is 257 cm³/mol. The van der Waals surface area contributed by atoms with E-state index in [0.717, 1.165) is 63.7 Å². The molecule has 0 saturated carbocycles. The summed E-state index contributed by atoms with van der Waals surface area (Å²) in [5.41, 5.74) is 0. The molecule has 0 aliphatic carbocycles. The van der Waals surface area contributed by atoms with Gasteiger partial charge in [0.15, 0.2) is 6.10 Å². The Labute approximate surface area is 374 Å². The number of carbonyl (C=O) groups is 3. The minimum atomic E-state index is -0.759.